The van der Waals surface area contributed by atoms with E-state index in [1.54, 1.807) is 0 Å². The number of hydrogen-bond acceptors (Lipinski definition) is 5. The molecule has 0 bridgehead atoms. The predicted octanol–water partition coefficient (Wildman–Crippen LogP) is 5.90. The fraction of sp³-hybridized carbons (Fsp3) is 0.500. The molecular weight excluding hydrogens is 450 g/mol. The summed E-state index contributed by atoms with van der Waals surface area (Å²) in [5.41, 5.74) is 3.72. The second-order valence-electron chi connectivity index (χ2n) is 11.0. The first-order valence-corrected chi connectivity index (χ1v) is 12.9. The molecule has 3 aromatic rings. The number of nitrogens with zero attached hydrogens (tertiary/aromatic N) is 3. The summed E-state index contributed by atoms with van der Waals surface area (Å²) in [4.78, 5) is 33.7. The van der Waals surface area contributed by atoms with E-state index in [9.17, 15) is 9.59 Å². The fourth-order valence-electron chi connectivity index (χ4n) is 4.92. The summed E-state index contributed by atoms with van der Waals surface area (Å²) in [5, 5.41) is 0.787. The van der Waals surface area contributed by atoms with Crippen molar-refractivity contribution in [3.8, 4) is 5.75 Å². The number of carbonyl (C=O) groups is 2. The molecule has 0 atom stereocenters. The third-order valence-electron chi connectivity index (χ3n) is 6.46. The van der Waals surface area contributed by atoms with E-state index in [2.05, 4.69) is 32.8 Å². The van der Waals surface area contributed by atoms with E-state index < -0.39 is 0 Å². The van der Waals surface area contributed by atoms with Crippen LogP contribution < -0.4 is 4.74 Å². The normalized spacial score (nSPS) is 12.1. The minimum atomic E-state index is -0.104. The summed E-state index contributed by atoms with van der Waals surface area (Å²) < 4.78 is 8.11. The number of aromatic nitrogens is 2. The van der Waals surface area contributed by atoms with Crippen molar-refractivity contribution in [1.29, 1.82) is 0 Å². The number of aryl methyl sites for hydroxylation is 2. The molecule has 6 nitrogen and oxygen atoms in total. The minimum Gasteiger partial charge on any atom is -0.488 e. The quantitative estimate of drug-likeness (QED) is 0.295. The van der Waals surface area contributed by atoms with Gasteiger partial charge < -0.3 is 14.2 Å². The molecule has 3 rings (SSSR count). The lowest BCUT2D eigenvalue weighted by molar-refractivity contribution is 0.0940. The average Bonchev–Trinajstić information content (AvgIpc) is 3.06. The largest absolute Gasteiger partial charge is 0.488 e. The van der Waals surface area contributed by atoms with E-state index in [-0.39, 0.29) is 29.5 Å². The summed E-state index contributed by atoms with van der Waals surface area (Å²) in [5.74, 6) is 0.674. The minimum absolute atomic E-state index is 0.0153. The van der Waals surface area contributed by atoms with E-state index in [0.717, 1.165) is 29.6 Å². The third kappa shape index (κ3) is 6.41. The van der Waals surface area contributed by atoms with Crippen molar-refractivity contribution >= 4 is 22.6 Å². The van der Waals surface area contributed by atoms with E-state index >= 15 is 0 Å². The highest BCUT2D eigenvalue weighted by Gasteiger charge is 2.28. The molecule has 2 aromatic heterocycles. The molecule has 36 heavy (non-hydrogen) atoms. The number of pyridine rings is 1. The standard InChI is InChI=1S/C30H41N3O3/c1-9-24-22(18-26(35)21-13-11-10-12-14-21)17-23-28(36-20(2)3)27(33(8)29(23)31-24)25(34)15-16-30(4,5)19-32(6)7/h10-14,17,20H,9,15-16,18-19H2,1-8H3. The zero-order valence-electron chi connectivity index (χ0n) is 23.1. The van der Waals surface area contributed by atoms with Crippen molar-refractivity contribution in [2.24, 2.45) is 12.5 Å². The Bertz CT molecular complexity index is 1220. The van der Waals surface area contributed by atoms with E-state index in [1.165, 1.54) is 0 Å². The van der Waals surface area contributed by atoms with Gasteiger partial charge in [0.15, 0.2) is 17.3 Å². The Balaban J connectivity index is 2.04. The van der Waals surface area contributed by atoms with Crippen LogP contribution in [0.5, 0.6) is 5.75 Å². The molecule has 0 aliphatic heterocycles. The number of fused-ring (bicyclic) bond motifs is 1. The molecule has 0 N–H and O–H groups in total. The summed E-state index contributed by atoms with van der Waals surface area (Å²) in [6.07, 6.45) is 2.05. The van der Waals surface area contributed by atoms with E-state index in [4.69, 9.17) is 9.72 Å². The van der Waals surface area contributed by atoms with Gasteiger partial charge in [-0.15, -0.1) is 0 Å². The molecule has 0 saturated carbocycles. The Hall–Kier alpha value is -2.99. The van der Waals surface area contributed by atoms with Gasteiger partial charge in [-0.05, 0) is 57.8 Å². The molecule has 0 aliphatic carbocycles. The number of rotatable bonds is 12. The van der Waals surface area contributed by atoms with E-state index in [0.29, 0.717) is 35.5 Å². The molecule has 0 radical (unpaired) electrons. The van der Waals surface area contributed by atoms with Crippen LogP contribution in [-0.4, -0.2) is 52.8 Å². The molecule has 194 valence electrons. The van der Waals surface area contributed by atoms with Crippen LogP contribution in [-0.2, 0) is 19.9 Å². The molecule has 0 unspecified atom stereocenters. The molecule has 0 amide bonds. The number of ether oxygens (including phenoxy) is 1. The molecule has 0 fully saturated rings. The lowest BCUT2D eigenvalue weighted by Crippen LogP contribution is -2.29. The second kappa shape index (κ2) is 11.4. The van der Waals surface area contributed by atoms with Crippen LogP contribution in [0.4, 0.5) is 0 Å². The van der Waals surface area contributed by atoms with Gasteiger partial charge >= 0.3 is 0 Å². The monoisotopic (exact) mass is 491 g/mol. The number of hydrogen-bond donors (Lipinski definition) is 0. The van der Waals surface area contributed by atoms with Gasteiger partial charge in [0.2, 0.25) is 0 Å². The maximum Gasteiger partial charge on any atom is 0.183 e. The first kappa shape index (κ1) is 27.6. The van der Waals surface area contributed by atoms with Gasteiger partial charge in [-0.25, -0.2) is 4.98 Å². The molecule has 6 heteroatoms. The van der Waals surface area contributed by atoms with Crippen molar-refractivity contribution < 1.29 is 14.3 Å². The zero-order chi connectivity index (χ0) is 26.6. The highest BCUT2D eigenvalue weighted by atomic mass is 16.5. The topological polar surface area (TPSA) is 64.4 Å². The Labute approximate surface area is 215 Å². The third-order valence-corrected chi connectivity index (χ3v) is 6.46. The molecule has 0 saturated heterocycles. The van der Waals surface area contributed by atoms with Gasteiger partial charge in [0, 0.05) is 37.7 Å². The zero-order valence-corrected chi connectivity index (χ0v) is 23.1. The van der Waals surface area contributed by atoms with Crippen molar-refractivity contribution in [2.45, 2.75) is 66.4 Å². The highest BCUT2D eigenvalue weighted by Crippen LogP contribution is 2.36. The number of ketones is 2. The first-order chi connectivity index (χ1) is 16.9. The predicted molar refractivity (Wildman–Crippen MR) is 146 cm³/mol. The number of Topliss-reactive ketones (excluding diaryl/α,β-unsaturated/α-hetero) is 2. The van der Waals surface area contributed by atoms with Gasteiger partial charge in [0.1, 0.15) is 11.3 Å². The summed E-state index contributed by atoms with van der Waals surface area (Å²) in [6.45, 7) is 11.3. The molecule has 1 aromatic carbocycles. The number of benzene rings is 1. The summed E-state index contributed by atoms with van der Waals surface area (Å²) in [7, 11) is 5.99. The number of carbonyl (C=O) groups excluding carboxylic acids is 2. The van der Waals surface area contributed by atoms with Crippen LogP contribution in [0.2, 0.25) is 0 Å². The first-order valence-electron chi connectivity index (χ1n) is 12.9. The summed E-state index contributed by atoms with van der Waals surface area (Å²) in [6, 6.07) is 11.3. The average molecular weight is 492 g/mol. The van der Waals surface area contributed by atoms with Crippen molar-refractivity contribution in [3.05, 3.63) is 58.9 Å². The van der Waals surface area contributed by atoms with Gasteiger partial charge in [-0.1, -0.05) is 51.1 Å². The Morgan fingerprint density at radius 1 is 1.11 bits per heavy atom. The Morgan fingerprint density at radius 2 is 1.78 bits per heavy atom. The van der Waals surface area contributed by atoms with Gasteiger partial charge in [0.05, 0.1) is 11.5 Å². The molecule has 2 heterocycles. The molecule has 0 spiro atoms. The Kier molecular flexibility index (Phi) is 8.72. The van der Waals surface area contributed by atoms with Crippen LogP contribution in [0.3, 0.4) is 0 Å². The maximum absolute atomic E-state index is 13.6. The molecule has 0 aliphatic rings. The van der Waals surface area contributed by atoms with Gasteiger partial charge in [0.25, 0.3) is 0 Å². The Morgan fingerprint density at radius 3 is 2.36 bits per heavy atom. The van der Waals surface area contributed by atoms with Crippen LogP contribution >= 0.6 is 0 Å². The van der Waals surface area contributed by atoms with Crippen molar-refractivity contribution in [3.63, 3.8) is 0 Å². The van der Waals surface area contributed by atoms with E-state index in [1.807, 2.05) is 68.8 Å². The maximum atomic E-state index is 13.6. The summed E-state index contributed by atoms with van der Waals surface area (Å²) >= 11 is 0. The molecular formula is C30H41N3O3. The SMILES string of the molecule is CCc1nc2c(cc1CC(=O)c1ccccc1)c(OC(C)C)c(C(=O)CCC(C)(C)CN(C)C)n2C. The van der Waals surface area contributed by atoms with Crippen LogP contribution in [0.1, 0.15) is 79.6 Å². The lowest BCUT2D eigenvalue weighted by Gasteiger charge is -2.28. The highest BCUT2D eigenvalue weighted by molar-refractivity contribution is 6.05. The smallest absolute Gasteiger partial charge is 0.183 e. The van der Waals surface area contributed by atoms with Crippen LogP contribution in [0.25, 0.3) is 11.0 Å². The second-order valence-corrected chi connectivity index (χ2v) is 11.0. The van der Waals surface area contributed by atoms with Crippen LogP contribution in [0, 0.1) is 5.41 Å². The van der Waals surface area contributed by atoms with Gasteiger partial charge in [-0.2, -0.15) is 0 Å². The van der Waals surface area contributed by atoms with Gasteiger partial charge in [-0.3, -0.25) is 9.59 Å². The van der Waals surface area contributed by atoms with Crippen LogP contribution in [0.15, 0.2) is 36.4 Å². The van der Waals surface area contributed by atoms with Crippen molar-refractivity contribution in [1.82, 2.24) is 14.5 Å². The van der Waals surface area contributed by atoms with Crippen molar-refractivity contribution in [2.75, 3.05) is 20.6 Å². The lowest BCUT2D eigenvalue weighted by atomic mass is 9.86. The fourth-order valence-corrected chi connectivity index (χ4v) is 4.92.